The van der Waals surface area contributed by atoms with Crippen LogP contribution in [-0.4, -0.2) is 5.78 Å². The fourth-order valence-electron chi connectivity index (χ4n) is 1.58. The standard InChI is InChI=1S/C13H10F2O2/c14-12-2-1-3-13(15)11(12)7-10(16)6-9-4-5-17-8-9/h1-5,8H,6-7H2. The molecular weight excluding hydrogens is 226 g/mol. The maximum atomic E-state index is 13.3. The number of halogens is 2. The van der Waals surface area contributed by atoms with Crippen LogP contribution in [0, 0.1) is 11.6 Å². The highest BCUT2D eigenvalue weighted by Crippen LogP contribution is 2.14. The van der Waals surface area contributed by atoms with Crippen molar-refractivity contribution in [3.05, 3.63) is 59.6 Å². The van der Waals surface area contributed by atoms with Crippen LogP contribution in [0.25, 0.3) is 0 Å². The van der Waals surface area contributed by atoms with Gasteiger partial charge in [0.05, 0.1) is 12.5 Å². The summed E-state index contributed by atoms with van der Waals surface area (Å²) in [5.41, 5.74) is 0.521. The molecule has 0 unspecified atom stereocenters. The van der Waals surface area contributed by atoms with E-state index in [0.29, 0.717) is 5.56 Å². The Morgan fingerprint density at radius 1 is 1.12 bits per heavy atom. The van der Waals surface area contributed by atoms with Gasteiger partial charge in [-0.15, -0.1) is 0 Å². The molecule has 4 heteroatoms. The van der Waals surface area contributed by atoms with Crippen molar-refractivity contribution in [2.75, 3.05) is 0 Å². The van der Waals surface area contributed by atoms with Gasteiger partial charge in [-0.2, -0.15) is 0 Å². The van der Waals surface area contributed by atoms with E-state index in [4.69, 9.17) is 4.42 Å². The SMILES string of the molecule is O=C(Cc1ccoc1)Cc1c(F)cccc1F. The molecule has 0 aliphatic heterocycles. The average molecular weight is 236 g/mol. The fraction of sp³-hybridized carbons (Fsp3) is 0.154. The van der Waals surface area contributed by atoms with Crippen LogP contribution < -0.4 is 0 Å². The summed E-state index contributed by atoms with van der Waals surface area (Å²) < 4.78 is 31.4. The van der Waals surface area contributed by atoms with Gasteiger partial charge in [-0.05, 0) is 23.8 Å². The molecule has 1 aromatic carbocycles. The monoisotopic (exact) mass is 236 g/mol. The lowest BCUT2D eigenvalue weighted by Gasteiger charge is -2.03. The van der Waals surface area contributed by atoms with Gasteiger partial charge in [0.25, 0.3) is 0 Å². The van der Waals surface area contributed by atoms with E-state index < -0.39 is 11.6 Å². The van der Waals surface area contributed by atoms with Gasteiger partial charge >= 0.3 is 0 Å². The molecule has 1 heterocycles. The van der Waals surface area contributed by atoms with E-state index in [1.807, 2.05) is 0 Å². The van der Waals surface area contributed by atoms with E-state index in [-0.39, 0.29) is 24.2 Å². The average Bonchev–Trinajstić information content (AvgIpc) is 2.76. The third-order valence-electron chi connectivity index (χ3n) is 2.42. The zero-order chi connectivity index (χ0) is 12.3. The Morgan fingerprint density at radius 2 is 1.82 bits per heavy atom. The number of furan rings is 1. The van der Waals surface area contributed by atoms with Gasteiger partial charge in [-0.3, -0.25) is 4.79 Å². The number of ketones is 1. The molecule has 0 amide bonds. The minimum absolute atomic E-state index is 0.115. The Balaban J connectivity index is 2.08. The molecule has 0 spiro atoms. The van der Waals surface area contributed by atoms with Crippen LogP contribution in [-0.2, 0) is 17.6 Å². The normalized spacial score (nSPS) is 10.5. The van der Waals surface area contributed by atoms with Gasteiger partial charge in [0.15, 0.2) is 0 Å². The minimum Gasteiger partial charge on any atom is -0.472 e. The number of hydrogen-bond donors (Lipinski definition) is 0. The molecule has 0 aliphatic carbocycles. The smallest absolute Gasteiger partial charge is 0.141 e. The minimum atomic E-state index is -0.689. The third-order valence-corrected chi connectivity index (χ3v) is 2.42. The molecular formula is C13H10F2O2. The summed E-state index contributed by atoms with van der Waals surface area (Å²) in [4.78, 5) is 11.6. The molecule has 88 valence electrons. The highest BCUT2D eigenvalue weighted by molar-refractivity contribution is 5.83. The van der Waals surface area contributed by atoms with Crippen LogP contribution in [0.2, 0.25) is 0 Å². The molecule has 2 aromatic rings. The zero-order valence-corrected chi connectivity index (χ0v) is 8.95. The van der Waals surface area contributed by atoms with Gasteiger partial charge in [0.2, 0.25) is 0 Å². The van der Waals surface area contributed by atoms with Crippen molar-refractivity contribution >= 4 is 5.78 Å². The first-order valence-corrected chi connectivity index (χ1v) is 5.12. The number of hydrogen-bond acceptors (Lipinski definition) is 2. The first-order chi connectivity index (χ1) is 8.16. The van der Waals surface area contributed by atoms with Gasteiger partial charge < -0.3 is 4.42 Å². The first-order valence-electron chi connectivity index (χ1n) is 5.12. The Hall–Kier alpha value is -1.97. The third kappa shape index (κ3) is 2.78. The number of benzene rings is 1. The van der Waals surface area contributed by atoms with Crippen LogP contribution in [0.5, 0.6) is 0 Å². The van der Waals surface area contributed by atoms with E-state index >= 15 is 0 Å². The highest BCUT2D eigenvalue weighted by atomic mass is 19.1. The molecule has 0 N–H and O–H groups in total. The van der Waals surface area contributed by atoms with Crippen molar-refractivity contribution in [1.29, 1.82) is 0 Å². The molecule has 0 atom stereocenters. The second-order valence-electron chi connectivity index (χ2n) is 3.72. The molecule has 2 nitrogen and oxygen atoms in total. The van der Waals surface area contributed by atoms with Crippen molar-refractivity contribution < 1.29 is 18.0 Å². The molecule has 0 saturated carbocycles. The Labute approximate surface area is 96.9 Å². The molecule has 1 aromatic heterocycles. The van der Waals surface area contributed by atoms with Crippen molar-refractivity contribution in [2.45, 2.75) is 12.8 Å². The molecule has 0 fully saturated rings. The van der Waals surface area contributed by atoms with Crippen LogP contribution >= 0.6 is 0 Å². The topological polar surface area (TPSA) is 30.2 Å². The Bertz CT molecular complexity index is 498. The van der Waals surface area contributed by atoms with Crippen LogP contribution in [0.4, 0.5) is 8.78 Å². The Kier molecular flexibility index (Phi) is 3.32. The predicted molar refractivity (Wildman–Crippen MR) is 57.5 cm³/mol. The largest absolute Gasteiger partial charge is 0.472 e. The summed E-state index contributed by atoms with van der Waals surface area (Å²) in [6.07, 6.45) is 2.76. The molecule has 0 saturated heterocycles. The lowest BCUT2D eigenvalue weighted by Crippen LogP contribution is -2.09. The Morgan fingerprint density at radius 3 is 2.41 bits per heavy atom. The number of Topliss-reactive ketones (excluding diaryl/α,β-unsaturated/α-hetero) is 1. The van der Waals surface area contributed by atoms with E-state index in [2.05, 4.69) is 0 Å². The van der Waals surface area contributed by atoms with E-state index in [9.17, 15) is 13.6 Å². The summed E-state index contributed by atoms with van der Waals surface area (Å²) in [6.45, 7) is 0. The van der Waals surface area contributed by atoms with Crippen molar-refractivity contribution in [3.63, 3.8) is 0 Å². The van der Waals surface area contributed by atoms with Crippen LogP contribution in [0.15, 0.2) is 41.2 Å². The fourth-order valence-corrected chi connectivity index (χ4v) is 1.58. The van der Waals surface area contributed by atoms with Crippen LogP contribution in [0.1, 0.15) is 11.1 Å². The first kappa shape index (κ1) is 11.5. The van der Waals surface area contributed by atoms with Crippen molar-refractivity contribution in [2.24, 2.45) is 0 Å². The summed E-state index contributed by atoms with van der Waals surface area (Å²) in [7, 11) is 0. The summed E-state index contributed by atoms with van der Waals surface area (Å²) in [6, 6.07) is 5.21. The van der Waals surface area contributed by atoms with Gasteiger partial charge in [-0.25, -0.2) is 8.78 Å². The predicted octanol–water partition coefficient (Wildman–Crippen LogP) is 2.91. The highest BCUT2D eigenvalue weighted by Gasteiger charge is 2.13. The number of rotatable bonds is 4. The van der Waals surface area contributed by atoms with Gasteiger partial charge in [-0.1, -0.05) is 6.07 Å². The summed E-state index contributed by atoms with van der Waals surface area (Å²) >= 11 is 0. The van der Waals surface area contributed by atoms with Crippen LogP contribution in [0.3, 0.4) is 0 Å². The maximum Gasteiger partial charge on any atom is 0.141 e. The molecule has 0 aliphatic rings. The number of carbonyl (C=O) groups is 1. The molecule has 2 rings (SSSR count). The van der Waals surface area contributed by atoms with Crippen molar-refractivity contribution in [1.82, 2.24) is 0 Å². The van der Waals surface area contributed by atoms with E-state index in [0.717, 1.165) is 12.1 Å². The quantitative estimate of drug-likeness (QED) is 0.817. The molecule has 17 heavy (non-hydrogen) atoms. The maximum absolute atomic E-state index is 13.3. The zero-order valence-electron chi connectivity index (χ0n) is 8.95. The molecule has 0 bridgehead atoms. The van der Waals surface area contributed by atoms with E-state index in [1.165, 1.54) is 18.6 Å². The lowest BCUT2D eigenvalue weighted by molar-refractivity contribution is -0.117. The van der Waals surface area contributed by atoms with Gasteiger partial charge in [0.1, 0.15) is 17.4 Å². The lowest BCUT2D eigenvalue weighted by atomic mass is 10.0. The summed E-state index contributed by atoms with van der Waals surface area (Å²) in [5, 5.41) is 0. The molecule has 0 radical (unpaired) electrons. The second kappa shape index (κ2) is 4.91. The second-order valence-corrected chi connectivity index (χ2v) is 3.72. The van der Waals surface area contributed by atoms with E-state index in [1.54, 1.807) is 6.07 Å². The van der Waals surface area contributed by atoms with Crippen molar-refractivity contribution in [3.8, 4) is 0 Å². The van der Waals surface area contributed by atoms with Gasteiger partial charge in [0, 0.05) is 18.4 Å². The number of carbonyl (C=O) groups excluding carboxylic acids is 1. The summed E-state index contributed by atoms with van der Waals surface area (Å²) in [5.74, 6) is -1.63.